The molecule has 0 aliphatic heterocycles. The first-order chi connectivity index (χ1) is 9.99. The number of amides is 1. The molecule has 0 atom stereocenters. The van der Waals surface area contributed by atoms with Crippen LogP contribution >= 0.6 is 15.9 Å². The average molecular weight is 360 g/mol. The van der Waals surface area contributed by atoms with Crippen LogP contribution in [0.15, 0.2) is 16.7 Å². The predicted octanol–water partition coefficient (Wildman–Crippen LogP) is 2.31. The van der Waals surface area contributed by atoms with Gasteiger partial charge in [-0.1, -0.05) is 0 Å². The van der Waals surface area contributed by atoms with Crippen molar-refractivity contribution in [3.8, 4) is 0 Å². The second kappa shape index (κ2) is 9.23. The minimum atomic E-state index is 0.0679. The van der Waals surface area contributed by atoms with Gasteiger partial charge in [0.05, 0.1) is 6.61 Å². The second-order valence-electron chi connectivity index (χ2n) is 5.27. The first kappa shape index (κ1) is 18.2. The van der Waals surface area contributed by atoms with Gasteiger partial charge in [0.1, 0.15) is 5.69 Å². The van der Waals surface area contributed by atoms with Crippen molar-refractivity contribution >= 4 is 21.8 Å². The summed E-state index contributed by atoms with van der Waals surface area (Å²) in [6, 6.07) is 1.89. The van der Waals surface area contributed by atoms with Gasteiger partial charge in [-0.15, -0.1) is 0 Å². The fourth-order valence-corrected chi connectivity index (χ4v) is 2.64. The minimum Gasteiger partial charge on any atom is -0.383 e. The summed E-state index contributed by atoms with van der Waals surface area (Å²) < 4.78 is 8.04. The molecule has 1 amide bonds. The van der Waals surface area contributed by atoms with Crippen LogP contribution in [0.2, 0.25) is 0 Å². The molecular formula is C15H26BrN3O2. The van der Waals surface area contributed by atoms with Crippen LogP contribution in [0.5, 0.6) is 0 Å². The van der Waals surface area contributed by atoms with Gasteiger partial charge in [-0.2, -0.15) is 0 Å². The molecule has 0 saturated heterocycles. The van der Waals surface area contributed by atoms with Gasteiger partial charge < -0.3 is 19.1 Å². The number of aromatic nitrogens is 1. The number of ether oxygens (including phenoxy) is 1. The normalized spacial score (nSPS) is 11.1. The lowest BCUT2D eigenvalue weighted by molar-refractivity contribution is 0.0679. The van der Waals surface area contributed by atoms with Gasteiger partial charge in [0.15, 0.2) is 0 Å². The molecule has 5 nitrogen and oxygen atoms in total. The number of hydrogen-bond donors (Lipinski definition) is 0. The highest BCUT2D eigenvalue weighted by Crippen LogP contribution is 2.17. The van der Waals surface area contributed by atoms with E-state index in [1.807, 2.05) is 42.7 Å². The van der Waals surface area contributed by atoms with E-state index >= 15 is 0 Å². The number of rotatable bonds is 9. The Bertz CT molecular complexity index is 446. The quantitative estimate of drug-likeness (QED) is 0.678. The summed E-state index contributed by atoms with van der Waals surface area (Å²) in [4.78, 5) is 16.7. The molecule has 6 heteroatoms. The number of hydrogen-bond acceptors (Lipinski definition) is 3. The number of methoxy groups -OCH3 is 1. The monoisotopic (exact) mass is 359 g/mol. The molecule has 120 valence electrons. The van der Waals surface area contributed by atoms with Crippen LogP contribution in [0.1, 0.15) is 23.8 Å². The molecule has 0 radical (unpaired) electrons. The van der Waals surface area contributed by atoms with Crippen LogP contribution < -0.4 is 0 Å². The molecule has 0 aliphatic rings. The zero-order chi connectivity index (χ0) is 15.8. The molecule has 1 aromatic rings. The third kappa shape index (κ3) is 5.80. The first-order valence-electron chi connectivity index (χ1n) is 7.28. The van der Waals surface area contributed by atoms with Crippen molar-refractivity contribution in [3.63, 3.8) is 0 Å². The van der Waals surface area contributed by atoms with E-state index in [9.17, 15) is 4.79 Å². The number of nitrogens with zero attached hydrogens (tertiary/aromatic N) is 3. The van der Waals surface area contributed by atoms with Crippen LogP contribution in [0.4, 0.5) is 0 Å². The van der Waals surface area contributed by atoms with Crippen molar-refractivity contribution in [3.05, 3.63) is 22.4 Å². The topological polar surface area (TPSA) is 37.7 Å². The van der Waals surface area contributed by atoms with Crippen LogP contribution in [0, 0.1) is 0 Å². The van der Waals surface area contributed by atoms with E-state index in [0.29, 0.717) is 13.2 Å². The van der Waals surface area contributed by atoms with Crippen LogP contribution in [0.25, 0.3) is 0 Å². The van der Waals surface area contributed by atoms with E-state index in [-0.39, 0.29) is 5.91 Å². The van der Waals surface area contributed by atoms with E-state index < -0.39 is 0 Å². The Hall–Kier alpha value is -0.850. The van der Waals surface area contributed by atoms with Gasteiger partial charge in [-0.25, -0.2) is 0 Å². The van der Waals surface area contributed by atoms with Gasteiger partial charge >= 0.3 is 0 Å². The van der Waals surface area contributed by atoms with Crippen molar-refractivity contribution < 1.29 is 9.53 Å². The Balaban J connectivity index is 2.77. The SMILES string of the molecule is CCn1cc(Br)cc1C(=O)N(CCCN(C)C)CCOC. The molecule has 0 unspecified atom stereocenters. The summed E-state index contributed by atoms with van der Waals surface area (Å²) in [5.41, 5.74) is 0.727. The van der Waals surface area contributed by atoms with Gasteiger partial charge in [0, 0.05) is 37.4 Å². The summed E-state index contributed by atoms with van der Waals surface area (Å²) in [5.74, 6) is 0.0679. The summed E-state index contributed by atoms with van der Waals surface area (Å²) in [6.07, 6.45) is 2.90. The van der Waals surface area contributed by atoms with E-state index in [2.05, 4.69) is 20.8 Å². The molecule has 0 spiro atoms. The number of carbonyl (C=O) groups excluding carboxylic acids is 1. The summed E-state index contributed by atoms with van der Waals surface area (Å²) in [7, 11) is 5.75. The lowest BCUT2D eigenvalue weighted by Crippen LogP contribution is -2.37. The molecule has 1 aromatic heterocycles. The van der Waals surface area contributed by atoms with E-state index in [0.717, 1.165) is 36.2 Å². The van der Waals surface area contributed by atoms with Gasteiger partial charge in [0.25, 0.3) is 5.91 Å². The third-order valence-corrected chi connectivity index (χ3v) is 3.74. The molecule has 21 heavy (non-hydrogen) atoms. The van der Waals surface area contributed by atoms with Crippen LogP contribution in [-0.4, -0.2) is 67.7 Å². The summed E-state index contributed by atoms with van der Waals surface area (Å²) >= 11 is 3.44. The Labute approximate surface area is 136 Å². The zero-order valence-electron chi connectivity index (χ0n) is 13.4. The molecule has 0 fully saturated rings. The lowest BCUT2D eigenvalue weighted by Gasteiger charge is -2.23. The first-order valence-corrected chi connectivity index (χ1v) is 8.07. The average Bonchev–Trinajstić information content (AvgIpc) is 2.82. The fraction of sp³-hybridized carbons (Fsp3) is 0.667. The van der Waals surface area contributed by atoms with Crippen molar-refractivity contribution in [2.75, 3.05) is 47.4 Å². The van der Waals surface area contributed by atoms with E-state index in [1.54, 1.807) is 7.11 Å². The molecule has 0 N–H and O–H groups in total. The Morgan fingerprint density at radius 2 is 2.05 bits per heavy atom. The van der Waals surface area contributed by atoms with Crippen molar-refractivity contribution in [2.45, 2.75) is 19.9 Å². The van der Waals surface area contributed by atoms with Crippen molar-refractivity contribution in [1.82, 2.24) is 14.4 Å². The smallest absolute Gasteiger partial charge is 0.270 e. The lowest BCUT2D eigenvalue weighted by atomic mass is 10.3. The van der Waals surface area contributed by atoms with E-state index in [4.69, 9.17) is 4.74 Å². The fourth-order valence-electron chi connectivity index (χ4n) is 2.17. The zero-order valence-corrected chi connectivity index (χ0v) is 15.0. The summed E-state index contributed by atoms with van der Waals surface area (Å²) in [5, 5.41) is 0. The maximum atomic E-state index is 12.7. The highest BCUT2D eigenvalue weighted by molar-refractivity contribution is 9.10. The van der Waals surface area contributed by atoms with Crippen LogP contribution in [-0.2, 0) is 11.3 Å². The Morgan fingerprint density at radius 3 is 2.62 bits per heavy atom. The molecular weight excluding hydrogens is 334 g/mol. The molecule has 0 saturated carbocycles. The van der Waals surface area contributed by atoms with Crippen molar-refractivity contribution in [2.24, 2.45) is 0 Å². The Kier molecular flexibility index (Phi) is 8.00. The number of aryl methyl sites for hydroxylation is 1. The third-order valence-electron chi connectivity index (χ3n) is 3.31. The van der Waals surface area contributed by atoms with Crippen molar-refractivity contribution in [1.29, 1.82) is 0 Å². The summed E-state index contributed by atoms with van der Waals surface area (Å²) in [6.45, 7) is 5.70. The number of carbonyl (C=O) groups is 1. The number of halogens is 1. The minimum absolute atomic E-state index is 0.0679. The van der Waals surface area contributed by atoms with E-state index in [1.165, 1.54) is 0 Å². The molecule has 1 heterocycles. The Morgan fingerprint density at radius 1 is 1.33 bits per heavy atom. The maximum Gasteiger partial charge on any atom is 0.270 e. The molecule has 1 rings (SSSR count). The maximum absolute atomic E-state index is 12.7. The standard InChI is InChI=1S/C15H26BrN3O2/c1-5-18-12-13(16)11-14(18)15(20)19(9-10-21-4)8-6-7-17(2)3/h11-12H,5-10H2,1-4H3. The predicted molar refractivity (Wildman–Crippen MR) is 88.8 cm³/mol. The molecule has 0 bridgehead atoms. The molecule has 0 aliphatic carbocycles. The highest BCUT2D eigenvalue weighted by Gasteiger charge is 2.19. The van der Waals surface area contributed by atoms with Gasteiger partial charge in [-0.05, 0) is 56.0 Å². The largest absolute Gasteiger partial charge is 0.383 e. The molecule has 0 aromatic carbocycles. The van der Waals surface area contributed by atoms with Gasteiger partial charge in [0.2, 0.25) is 0 Å². The second-order valence-corrected chi connectivity index (χ2v) is 6.19. The highest BCUT2D eigenvalue weighted by atomic mass is 79.9. The van der Waals surface area contributed by atoms with Crippen LogP contribution in [0.3, 0.4) is 0 Å². The van der Waals surface area contributed by atoms with Gasteiger partial charge in [-0.3, -0.25) is 4.79 Å².